The molecule has 260 valence electrons. The van der Waals surface area contributed by atoms with E-state index in [2.05, 4.69) is 168 Å². The Hall–Kier alpha value is -7.56. The van der Waals surface area contributed by atoms with Crippen LogP contribution in [0.1, 0.15) is 0 Å². The summed E-state index contributed by atoms with van der Waals surface area (Å²) < 4.78 is 9.19. The number of hydrogen-bond acceptors (Lipinski definition) is 3. The standard InChI is InChI=1S/C52H31N3O/c1-3-15-32(16-4-1)34-27-28-41-48(29-34)56-52-49(41)50(53-51(54-52)33-17-5-2-6-18-33)44-30-42-37-21-9-7-19-35(37)36-20-8-10-22-38(36)43(42)31-47(44)55-45-25-13-11-23-39(45)40-24-12-14-26-46(40)55/h1-31H. The summed E-state index contributed by atoms with van der Waals surface area (Å²) >= 11 is 0. The summed E-state index contributed by atoms with van der Waals surface area (Å²) in [5.41, 5.74) is 9.64. The summed E-state index contributed by atoms with van der Waals surface area (Å²) in [5.74, 6) is 0.618. The van der Waals surface area contributed by atoms with Gasteiger partial charge in [-0.1, -0.05) is 152 Å². The average molecular weight is 714 g/mol. The maximum absolute atomic E-state index is 6.77. The molecule has 3 heterocycles. The number of furan rings is 1. The van der Waals surface area contributed by atoms with Crippen LogP contribution in [0.4, 0.5) is 0 Å². The molecule has 12 aromatic rings. The molecule has 0 atom stereocenters. The third-order valence-corrected chi connectivity index (χ3v) is 11.4. The third kappa shape index (κ3) is 4.53. The van der Waals surface area contributed by atoms with Gasteiger partial charge in [-0.15, -0.1) is 0 Å². The maximum Gasteiger partial charge on any atom is 0.231 e. The molecule has 12 rings (SSSR count). The minimum Gasteiger partial charge on any atom is -0.438 e. The monoisotopic (exact) mass is 713 g/mol. The predicted molar refractivity (Wildman–Crippen MR) is 232 cm³/mol. The lowest BCUT2D eigenvalue weighted by Crippen LogP contribution is -2.01. The fourth-order valence-corrected chi connectivity index (χ4v) is 8.89. The van der Waals surface area contributed by atoms with Crippen LogP contribution >= 0.6 is 0 Å². The number of rotatable bonds is 4. The topological polar surface area (TPSA) is 43.9 Å². The van der Waals surface area contributed by atoms with Gasteiger partial charge < -0.3 is 8.98 Å². The van der Waals surface area contributed by atoms with Gasteiger partial charge in [0.25, 0.3) is 0 Å². The van der Waals surface area contributed by atoms with E-state index in [1.165, 1.54) is 43.1 Å². The smallest absolute Gasteiger partial charge is 0.231 e. The molecule has 0 radical (unpaired) electrons. The van der Waals surface area contributed by atoms with Crippen molar-refractivity contribution < 1.29 is 4.42 Å². The zero-order valence-corrected chi connectivity index (χ0v) is 30.1. The molecule has 0 aliphatic carbocycles. The van der Waals surface area contributed by atoms with Gasteiger partial charge in [0.2, 0.25) is 5.71 Å². The van der Waals surface area contributed by atoms with Gasteiger partial charge in [-0.2, -0.15) is 4.98 Å². The molecular formula is C52H31N3O. The van der Waals surface area contributed by atoms with Crippen molar-refractivity contribution in [2.75, 3.05) is 0 Å². The summed E-state index contributed by atoms with van der Waals surface area (Å²) in [7, 11) is 0. The van der Waals surface area contributed by atoms with E-state index in [1.807, 2.05) is 24.3 Å². The number of hydrogen-bond donors (Lipinski definition) is 0. The number of nitrogens with zero attached hydrogens (tertiary/aromatic N) is 3. The summed E-state index contributed by atoms with van der Waals surface area (Å²) in [5, 5.41) is 11.5. The van der Waals surface area contributed by atoms with Crippen LogP contribution in [0.2, 0.25) is 0 Å². The van der Waals surface area contributed by atoms with E-state index in [-0.39, 0.29) is 0 Å². The molecule has 9 aromatic carbocycles. The Morgan fingerprint density at radius 3 is 1.52 bits per heavy atom. The van der Waals surface area contributed by atoms with Crippen molar-refractivity contribution in [1.82, 2.24) is 14.5 Å². The van der Waals surface area contributed by atoms with Crippen LogP contribution in [-0.4, -0.2) is 14.5 Å². The van der Waals surface area contributed by atoms with Crippen molar-refractivity contribution in [2.45, 2.75) is 0 Å². The molecule has 0 unspecified atom stereocenters. The van der Waals surface area contributed by atoms with Gasteiger partial charge in [-0.25, -0.2) is 4.98 Å². The molecule has 4 nitrogen and oxygen atoms in total. The van der Waals surface area contributed by atoms with Gasteiger partial charge in [-0.05, 0) is 79.8 Å². The Bertz CT molecular complexity index is 3470. The second-order valence-electron chi connectivity index (χ2n) is 14.5. The summed E-state index contributed by atoms with van der Waals surface area (Å²) in [6.45, 7) is 0. The molecule has 0 amide bonds. The van der Waals surface area contributed by atoms with Crippen molar-refractivity contribution in [1.29, 1.82) is 0 Å². The molecule has 0 saturated heterocycles. The van der Waals surface area contributed by atoms with E-state index in [9.17, 15) is 0 Å². The van der Waals surface area contributed by atoms with Crippen LogP contribution in [0.15, 0.2) is 192 Å². The molecule has 3 aromatic heterocycles. The number of aromatic nitrogens is 3. The Morgan fingerprint density at radius 2 is 0.893 bits per heavy atom. The zero-order chi connectivity index (χ0) is 36.7. The second-order valence-corrected chi connectivity index (χ2v) is 14.5. The Kier molecular flexibility index (Phi) is 6.60. The Labute approximate surface area is 321 Å². The first kappa shape index (κ1) is 30.9. The van der Waals surface area contributed by atoms with Gasteiger partial charge in [0.1, 0.15) is 5.58 Å². The van der Waals surface area contributed by atoms with E-state index in [4.69, 9.17) is 14.4 Å². The predicted octanol–water partition coefficient (Wildman–Crippen LogP) is 13.9. The first-order valence-electron chi connectivity index (χ1n) is 19.0. The quantitative estimate of drug-likeness (QED) is 0.171. The normalized spacial score (nSPS) is 11.9. The Balaban J connectivity index is 1.28. The van der Waals surface area contributed by atoms with Gasteiger partial charge in [-0.3, -0.25) is 0 Å². The highest BCUT2D eigenvalue weighted by Gasteiger charge is 2.24. The van der Waals surface area contributed by atoms with Gasteiger partial charge >= 0.3 is 0 Å². The van der Waals surface area contributed by atoms with Crippen LogP contribution in [-0.2, 0) is 0 Å². The maximum atomic E-state index is 6.77. The molecule has 0 N–H and O–H groups in total. The molecule has 0 spiro atoms. The minimum absolute atomic E-state index is 0.561. The zero-order valence-electron chi connectivity index (χ0n) is 30.1. The molecule has 0 saturated carbocycles. The molecule has 4 heteroatoms. The van der Waals surface area contributed by atoms with Crippen LogP contribution in [0.25, 0.3) is 116 Å². The Morgan fingerprint density at radius 1 is 0.375 bits per heavy atom. The van der Waals surface area contributed by atoms with Crippen molar-refractivity contribution in [3.05, 3.63) is 188 Å². The van der Waals surface area contributed by atoms with Crippen LogP contribution < -0.4 is 0 Å². The summed E-state index contributed by atoms with van der Waals surface area (Å²) in [6, 6.07) is 66.8. The molecule has 0 aliphatic heterocycles. The number of fused-ring (bicyclic) bond motifs is 12. The fourth-order valence-electron chi connectivity index (χ4n) is 8.89. The third-order valence-electron chi connectivity index (χ3n) is 11.4. The summed E-state index contributed by atoms with van der Waals surface area (Å²) in [6.07, 6.45) is 0. The van der Waals surface area contributed by atoms with Gasteiger partial charge in [0.05, 0.1) is 27.8 Å². The van der Waals surface area contributed by atoms with Crippen molar-refractivity contribution in [3.8, 4) is 39.5 Å². The summed E-state index contributed by atoms with van der Waals surface area (Å²) in [4.78, 5) is 10.7. The first-order valence-corrected chi connectivity index (χ1v) is 19.0. The lowest BCUT2D eigenvalue weighted by atomic mass is 9.91. The van der Waals surface area contributed by atoms with Crippen LogP contribution in [0.3, 0.4) is 0 Å². The average Bonchev–Trinajstić information content (AvgIpc) is 3.82. The highest BCUT2D eigenvalue weighted by Crippen LogP contribution is 2.45. The largest absolute Gasteiger partial charge is 0.438 e. The highest BCUT2D eigenvalue weighted by molar-refractivity contribution is 6.27. The van der Waals surface area contributed by atoms with Gasteiger partial charge in [0.15, 0.2) is 5.82 Å². The molecular weight excluding hydrogens is 683 g/mol. The van der Waals surface area contributed by atoms with Crippen molar-refractivity contribution >= 4 is 76.2 Å². The number of benzene rings is 9. The molecule has 56 heavy (non-hydrogen) atoms. The second kappa shape index (κ2) is 12.0. The minimum atomic E-state index is 0.561. The molecule has 0 fully saturated rings. The van der Waals surface area contributed by atoms with Crippen LogP contribution in [0, 0.1) is 0 Å². The highest BCUT2D eigenvalue weighted by atomic mass is 16.3. The van der Waals surface area contributed by atoms with E-state index in [1.54, 1.807) is 0 Å². The van der Waals surface area contributed by atoms with Crippen molar-refractivity contribution in [2.24, 2.45) is 0 Å². The van der Waals surface area contributed by atoms with E-state index in [0.29, 0.717) is 11.5 Å². The van der Waals surface area contributed by atoms with E-state index >= 15 is 0 Å². The van der Waals surface area contributed by atoms with Crippen LogP contribution in [0.5, 0.6) is 0 Å². The van der Waals surface area contributed by atoms with E-state index in [0.717, 1.165) is 61.0 Å². The molecule has 0 aliphatic rings. The SMILES string of the molecule is c1ccc(-c2ccc3c(c2)oc2nc(-c4ccccc4)nc(-c4cc5c6ccccc6c6ccccc6c5cc4-n4c5ccccc5c5ccccc54)c23)cc1. The fraction of sp³-hybridized carbons (Fsp3) is 0. The van der Waals surface area contributed by atoms with Crippen molar-refractivity contribution in [3.63, 3.8) is 0 Å². The van der Waals surface area contributed by atoms with E-state index < -0.39 is 0 Å². The molecule has 0 bridgehead atoms. The first-order chi connectivity index (χ1) is 27.8. The lowest BCUT2D eigenvalue weighted by Gasteiger charge is -2.18. The number of para-hydroxylation sites is 2. The van der Waals surface area contributed by atoms with Gasteiger partial charge in [0, 0.05) is 27.3 Å². The lowest BCUT2D eigenvalue weighted by molar-refractivity contribution is 0.654.